The second-order valence-corrected chi connectivity index (χ2v) is 6.18. The Bertz CT molecular complexity index is 662. The Hall–Kier alpha value is -1.35. The van der Waals surface area contributed by atoms with Crippen molar-refractivity contribution in [1.29, 1.82) is 0 Å². The topological polar surface area (TPSA) is 82.3 Å². The van der Waals surface area contributed by atoms with Crippen LogP contribution in [0, 0.1) is 0 Å². The zero-order chi connectivity index (χ0) is 14.4. The highest BCUT2D eigenvalue weighted by Crippen LogP contribution is 2.40. The quantitative estimate of drug-likeness (QED) is 0.872. The molecular weight excluding hydrogens is 340 g/mol. The fourth-order valence-electron chi connectivity index (χ4n) is 2.68. The van der Waals surface area contributed by atoms with Gasteiger partial charge in [0.25, 0.3) is 0 Å². The van der Waals surface area contributed by atoms with Gasteiger partial charge in [0.1, 0.15) is 5.69 Å². The fourth-order valence-corrected chi connectivity index (χ4v) is 2.91. The Morgan fingerprint density at radius 2 is 2.33 bits per heavy atom. The molecule has 0 spiro atoms. The number of nitrogens with zero attached hydrogens (tertiary/aromatic N) is 4. The number of aliphatic hydroxyl groups is 1. The molecule has 2 aliphatic rings. The van der Waals surface area contributed by atoms with Gasteiger partial charge in [-0.1, -0.05) is 5.21 Å². The molecule has 2 aromatic rings. The van der Waals surface area contributed by atoms with E-state index in [1.165, 1.54) is 4.68 Å². The summed E-state index contributed by atoms with van der Waals surface area (Å²) in [5.74, 6) is 0.627. The first-order valence-corrected chi connectivity index (χ1v) is 7.49. The van der Waals surface area contributed by atoms with E-state index >= 15 is 0 Å². The number of hydrogen-bond donors (Lipinski definition) is 1. The molecule has 0 radical (unpaired) electrons. The summed E-state index contributed by atoms with van der Waals surface area (Å²) >= 11 is 3.34. The van der Waals surface area contributed by atoms with Gasteiger partial charge in [-0.05, 0) is 40.9 Å². The molecule has 7 nitrogen and oxygen atoms in total. The lowest BCUT2D eigenvalue weighted by Gasteiger charge is -2.34. The molecule has 1 unspecified atom stereocenters. The molecule has 2 aliphatic heterocycles. The molecule has 1 N–H and O–H groups in total. The number of pyridine rings is 1. The first-order valence-electron chi connectivity index (χ1n) is 6.69. The zero-order valence-electron chi connectivity index (χ0n) is 11.0. The minimum atomic E-state index is -1.25. The van der Waals surface area contributed by atoms with E-state index in [0.29, 0.717) is 24.5 Å². The molecule has 2 bridgehead atoms. The van der Waals surface area contributed by atoms with Gasteiger partial charge in [-0.3, -0.25) is 0 Å². The second kappa shape index (κ2) is 4.84. The summed E-state index contributed by atoms with van der Waals surface area (Å²) in [6.45, 7) is 0.523. The van der Waals surface area contributed by atoms with Gasteiger partial charge in [0.2, 0.25) is 0 Å². The third kappa shape index (κ3) is 2.18. The van der Waals surface area contributed by atoms with Crippen molar-refractivity contribution < 1.29 is 14.6 Å². The van der Waals surface area contributed by atoms with Gasteiger partial charge in [-0.2, -0.15) is 0 Å². The third-order valence-electron chi connectivity index (χ3n) is 3.87. The standard InChI is InChI=1S/C13H13BrN4O3/c14-8-1-2-11(15-5-8)18-6-10(16-17-18)13(19)4-3-9-7-20-12(13)21-9/h1-2,5-6,9,12,19H,3-4,7H2/t9-,12+,13?/m0/s1. The molecule has 3 atom stereocenters. The van der Waals surface area contributed by atoms with Gasteiger partial charge >= 0.3 is 0 Å². The van der Waals surface area contributed by atoms with Crippen molar-refractivity contribution in [3.8, 4) is 5.82 Å². The van der Waals surface area contributed by atoms with Crippen molar-refractivity contribution in [2.75, 3.05) is 6.61 Å². The summed E-state index contributed by atoms with van der Waals surface area (Å²) in [5.41, 5.74) is -0.807. The van der Waals surface area contributed by atoms with E-state index < -0.39 is 11.9 Å². The van der Waals surface area contributed by atoms with Gasteiger partial charge in [0.15, 0.2) is 17.7 Å². The van der Waals surface area contributed by atoms with Crippen LogP contribution in [0.25, 0.3) is 5.82 Å². The van der Waals surface area contributed by atoms with Crippen molar-refractivity contribution in [2.45, 2.75) is 30.8 Å². The lowest BCUT2D eigenvalue weighted by atomic mass is 9.90. The maximum absolute atomic E-state index is 10.8. The molecule has 0 aliphatic carbocycles. The molecule has 21 heavy (non-hydrogen) atoms. The maximum Gasteiger partial charge on any atom is 0.192 e. The summed E-state index contributed by atoms with van der Waals surface area (Å²) < 4.78 is 13.5. The fraction of sp³-hybridized carbons (Fsp3) is 0.462. The van der Waals surface area contributed by atoms with Crippen LogP contribution in [0.1, 0.15) is 18.5 Å². The van der Waals surface area contributed by atoms with E-state index in [2.05, 4.69) is 31.2 Å². The van der Waals surface area contributed by atoms with Crippen molar-refractivity contribution in [3.05, 3.63) is 34.7 Å². The van der Waals surface area contributed by atoms with Crippen molar-refractivity contribution in [2.24, 2.45) is 0 Å². The monoisotopic (exact) mass is 352 g/mol. The van der Waals surface area contributed by atoms with Gasteiger partial charge in [0, 0.05) is 10.7 Å². The number of fused-ring (bicyclic) bond motifs is 2. The number of halogens is 1. The molecule has 0 aromatic carbocycles. The first kappa shape index (κ1) is 13.3. The van der Waals surface area contributed by atoms with E-state index in [0.717, 1.165) is 10.9 Å². The lowest BCUT2D eigenvalue weighted by Crippen LogP contribution is -2.44. The molecule has 0 saturated carbocycles. The van der Waals surface area contributed by atoms with Gasteiger partial charge < -0.3 is 14.6 Å². The largest absolute Gasteiger partial charge is 0.378 e. The Labute approximate surface area is 129 Å². The minimum Gasteiger partial charge on any atom is -0.378 e. The molecule has 2 aromatic heterocycles. The Morgan fingerprint density at radius 1 is 1.43 bits per heavy atom. The number of aromatic nitrogens is 4. The highest BCUT2D eigenvalue weighted by Gasteiger charge is 2.51. The summed E-state index contributed by atoms with van der Waals surface area (Å²) in [7, 11) is 0. The smallest absolute Gasteiger partial charge is 0.192 e. The van der Waals surface area contributed by atoms with Crippen LogP contribution in [0.5, 0.6) is 0 Å². The molecule has 2 saturated heterocycles. The average molecular weight is 353 g/mol. The zero-order valence-corrected chi connectivity index (χ0v) is 12.6. The number of hydrogen-bond acceptors (Lipinski definition) is 6. The van der Waals surface area contributed by atoms with Crippen LogP contribution >= 0.6 is 15.9 Å². The van der Waals surface area contributed by atoms with Crippen LogP contribution in [0.15, 0.2) is 29.0 Å². The maximum atomic E-state index is 10.8. The summed E-state index contributed by atoms with van der Waals surface area (Å²) in [6.07, 6.45) is 4.06. The van der Waals surface area contributed by atoms with Crippen LogP contribution < -0.4 is 0 Å². The second-order valence-electron chi connectivity index (χ2n) is 5.27. The van der Waals surface area contributed by atoms with Crippen LogP contribution in [0.2, 0.25) is 0 Å². The predicted molar refractivity (Wildman–Crippen MR) is 74.6 cm³/mol. The Morgan fingerprint density at radius 3 is 3.14 bits per heavy atom. The van der Waals surface area contributed by atoms with Crippen LogP contribution in [-0.4, -0.2) is 44.1 Å². The van der Waals surface area contributed by atoms with E-state index in [1.807, 2.05) is 12.1 Å². The van der Waals surface area contributed by atoms with Gasteiger partial charge in [0.05, 0.1) is 18.9 Å². The van der Waals surface area contributed by atoms with Gasteiger partial charge in [-0.25, -0.2) is 9.67 Å². The average Bonchev–Trinajstić information content (AvgIpc) is 3.13. The molecule has 110 valence electrons. The van der Waals surface area contributed by atoms with E-state index in [1.54, 1.807) is 12.4 Å². The van der Waals surface area contributed by atoms with Crippen molar-refractivity contribution in [1.82, 2.24) is 20.0 Å². The van der Waals surface area contributed by atoms with Crippen molar-refractivity contribution >= 4 is 15.9 Å². The van der Waals surface area contributed by atoms with Crippen LogP contribution in [0.4, 0.5) is 0 Å². The normalized spacial score (nSPS) is 31.5. The number of ether oxygens (including phenoxy) is 2. The number of rotatable bonds is 2. The molecule has 4 heterocycles. The van der Waals surface area contributed by atoms with E-state index in [-0.39, 0.29) is 6.10 Å². The van der Waals surface area contributed by atoms with Crippen molar-refractivity contribution in [3.63, 3.8) is 0 Å². The van der Waals surface area contributed by atoms with Crippen LogP contribution in [0.3, 0.4) is 0 Å². The lowest BCUT2D eigenvalue weighted by molar-refractivity contribution is -0.219. The predicted octanol–water partition coefficient (Wildman–Crippen LogP) is 1.15. The summed E-state index contributed by atoms with van der Waals surface area (Å²) in [4.78, 5) is 4.25. The molecule has 8 heteroatoms. The third-order valence-corrected chi connectivity index (χ3v) is 4.34. The minimum absolute atomic E-state index is 0.0819. The van der Waals surface area contributed by atoms with E-state index in [4.69, 9.17) is 9.47 Å². The van der Waals surface area contributed by atoms with E-state index in [9.17, 15) is 5.11 Å². The van der Waals surface area contributed by atoms with Crippen LogP contribution in [-0.2, 0) is 15.1 Å². The molecule has 4 rings (SSSR count). The molecule has 0 amide bonds. The highest BCUT2D eigenvalue weighted by atomic mass is 79.9. The Balaban J connectivity index is 1.66. The highest BCUT2D eigenvalue weighted by molar-refractivity contribution is 9.10. The van der Waals surface area contributed by atoms with Gasteiger partial charge in [-0.15, -0.1) is 5.10 Å². The molecule has 2 fully saturated rings. The molecular formula is C13H13BrN4O3. The Kier molecular flexibility index (Phi) is 3.07. The summed E-state index contributed by atoms with van der Waals surface area (Å²) in [6, 6.07) is 3.68. The first-order chi connectivity index (χ1) is 10.1. The summed E-state index contributed by atoms with van der Waals surface area (Å²) in [5, 5.41) is 19.0. The SMILES string of the molecule is OC1(c2cn(-c3ccc(Br)cn3)nn2)CC[C@H]2CO[C@@H]1O2.